The molecule has 0 aromatic rings. The number of amides is 1. The number of hydrogen-bond donors (Lipinski definition) is 2. The Bertz CT molecular complexity index is 391. The molecule has 2 N–H and O–H groups in total. The van der Waals surface area contributed by atoms with Crippen molar-refractivity contribution in [3.05, 3.63) is 48.5 Å². The highest BCUT2D eigenvalue weighted by atomic mass is 16.1. The normalized spacial score (nSPS) is 14.6. The van der Waals surface area contributed by atoms with Crippen LogP contribution in [0.25, 0.3) is 0 Å². The Morgan fingerprint density at radius 2 is 2.27 bits per heavy atom. The minimum absolute atomic E-state index is 0.384. The third-order valence-electron chi connectivity index (χ3n) is 1.98. The summed E-state index contributed by atoms with van der Waals surface area (Å²) in [6, 6.07) is 0. The summed E-state index contributed by atoms with van der Waals surface area (Å²) >= 11 is 0. The number of hydrogen-bond acceptors (Lipinski definition) is 3. The van der Waals surface area contributed by atoms with Crippen molar-refractivity contribution >= 4 is 12.1 Å². The van der Waals surface area contributed by atoms with E-state index < -0.39 is 0 Å². The number of carbonyl (C=O) groups is 1. The third kappa shape index (κ3) is 2.67. The molecule has 0 fully saturated rings. The molecule has 0 saturated heterocycles. The van der Waals surface area contributed by atoms with Crippen molar-refractivity contribution in [2.75, 3.05) is 7.05 Å². The predicted octanol–water partition coefficient (Wildman–Crippen LogP) is 1.17. The van der Waals surface area contributed by atoms with Crippen LogP contribution in [0, 0.1) is 5.41 Å². The van der Waals surface area contributed by atoms with Crippen LogP contribution >= 0.6 is 0 Å². The Hall–Kier alpha value is -2.10. The first-order valence-corrected chi connectivity index (χ1v) is 4.36. The van der Waals surface area contributed by atoms with E-state index in [2.05, 4.69) is 18.5 Å². The Balaban J connectivity index is 2.69. The van der Waals surface area contributed by atoms with Crippen LogP contribution in [0.1, 0.15) is 0 Å². The first-order chi connectivity index (χ1) is 7.04. The quantitative estimate of drug-likeness (QED) is 0.674. The lowest BCUT2D eigenvalue weighted by molar-refractivity contribution is -0.115. The van der Waals surface area contributed by atoms with Gasteiger partial charge >= 0.3 is 0 Å². The van der Waals surface area contributed by atoms with Crippen molar-refractivity contribution < 1.29 is 4.79 Å². The summed E-state index contributed by atoms with van der Waals surface area (Å²) in [6.07, 6.45) is 5.77. The Labute approximate surface area is 88.8 Å². The molecule has 0 bridgehead atoms. The maximum Gasteiger partial charge on any atom is 0.214 e. The Morgan fingerprint density at radius 1 is 1.60 bits per heavy atom. The summed E-state index contributed by atoms with van der Waals surface area (Å²) in [5.41, 5.74) is 1.77. The molecule has 0 aromatic heterocycles. The topological polar surface area (TPSA) is 56.2 Å². The third-order valence-corrected chi connectivity index (χ3v) is 1.98. The van der Waals surface area contributed by atoms with Crippen LogP contribution in [0.2, 0.25) is 0 Å². The standard InChI is InChI=1S/C11H13N3O/c1-8-6-10(4-5-11(8)12)13-9(2)14(3)7-15/h4-7,12-13H,1-2H2,3H3. The molecule has 1 aliphatic carbocycles. The maximum absolute atomic E-state index is 10.4. The van der Waals surface area contributed by atoms with Gasteiger partial charge in [0.05, 0.1) is 5.71 Å². The van der Waals surface area contributed by atoms with Gasteiger partial charge < -0.3 is 15.6 Å². The molecule has 0 radical (unpaired) electrons. The van der Waals surface area contributed by atoms with E-state index in [1.807, 2.05) is 0 Å². The zero-order valence-electron chi connectivity index (χ0n) is 8.58. The minimum Gasteiger partial charge on any atom is -0.342 e. The van der Waals surface area contributed by atoms with Crippen LogP contribution in [-0.4, -0.2) is 24.1 Å². The number of allylic oxidation sites excluding steroid dienone is 4. The van der Waals surface area contributed by atoms with Gasteiger partial charge in [-0.3, -0.25) is 4.79 Å². The van der Waals surface area contributed by atoms with E-state index in [9.17, 15) is 4.79 Å². The molecule has 0 unspecified atom stereocenters. The molecular formula is C11H13N3O. The molecule has 4 heteroatoms. The average molecular weight is 203 g/mol. The van der Waals surface area contributed by atoms with Gasteiger partial charge in [-0.05, 0) is 23.8 Å². The minimum atomic E-state index is 0.384. The number of nitrogens with one attached hydrogen (secondary N) is 2. The number of nitrogens with zero attached hydrogens (tertiary/aromatic N) is 1. The highest BCUT2D eigenvalue weighted by molar-refractivity contribution is 6.09. The monoisotopic (exact) mass is 203 g/mol. The summed E-state index contributed by atoms with van der Waals surface area (Å²) in [5.74, 6) is 0.474. The lowest BCUT2D eigenvalue weighted by Crippen LogP contribution is -2.26. The average Bonchev–Trinajstić information content (AvgIpc) is 2.22. The van der Waals surface area contributed by atoms with E-state index in [4.69, 9.17) is 5.41 Å². The molecule has 4 nitrogen and oxygen atoms in total. The lowest BCUT2D eigenvalue weighted by Gasteiger charge is -2.18. The summed E-state index contributed by atoms with van der Waals surface area (Å²) < 4.78 is 0. The van der Waals surface area contributed by atoms with Gasteiger partial charge in [-0.25, -0.2) is 0 Å². The van der Waals surface area contributed by atoms with E-state index in [1.165, 1.54) is 4.90 Å². The van der Waals surface area contributed by atoms with Crippen molar-refractivity contribution in [1.29, 1.82) is 5.41 Å². The molecule has 0 aliphatic heterocycles. The Morgan fingerprint density at radius 3 is 2.80 bits per heavy atom. The smallest absolute Gasteiger partial charge is 0.214 e. The molecular weight excluding hydrogens is 190 g/mol. The van der Waals surface area contributed by atoms with Crippen molar-refractivity contribution in [2.24, 2.45) is 0 Å². The van der Waals surface area contributed by atoms with Crippen LogP contribution in [-0.2, 0) is 4.79 Å². The second-order valence-electron chi connectivity index (χ2n) is 3.16. The summed E-state index contributed by atoms with van der Waals surface area (Å²) in [4.78, 5) is 11.8. The second-order valence-corrected chi connectivity index (χ2v) is 3.16. The fourth-order valence-corrected chi connectivity index (χ4v) is 0.990. The fraction of sp³-hybridized carbons (Fsp3) is 0.0909. The van der Waals surface area contributed by atoms with E-state index in [1.54, 1.807) is 25.3 Å². The predicted molar refractivity (Wildman–Crippen MR) is 60.2 cm³/mol. The molecule has 0 spiro atoms. The largest absolute Gasteiger partial charge is 0.342 e. The van der Waals surface area contributed by atoms with Crippen LogP contribution in [0.5, 0.6) is 0 Å². The highest BCUT2D eigenvalue weighted by Crippen LogP contribution is 2.10. The van der Waals surface area contributed by atoms with Crippen LogP contribution in [0.4, 0.5) is 0 Å². The van der Waals surface area contributed by atoms with Gasteiger partial charge in [-0.15, -0.1) is 0 Å². The molecule has 0 saturated carbocycles. The van der Waals surface area contributed by atoms with E-state index >= 15 is 0 Å². The Kier molecular flexibility index (Phi) is 3.23. The van der Waals surface area contributed by atoms with Gasteiger partial charge in [-0.1, -0.05) is 13.2 Å². The zero-order chi connectivity index (χ0) is 11.4. The number of rotatable bonds is 4. The molecule has 1 rings (SSSR count). The maximum atomic E-state index is 10.4. The molecule has 15 heavy (non-hydrogen) atoms. The van der Waals surface area contributed by atoms with E-state index in [0.29, 0.717) is 23.5 Å². The second kappa shape index (κ2) is 4.41. The van der Waals surface area contributed by atoms with Crippen LogP contribution in [0.3, 0.4) is 0 Å². The van der Waals surface area contributed by atoms with Crippen molar-refractivity contribution in [1.82, 2.24) is 10.2 Å². The highest BCUT2D eigenvalue weighted by Gasteiger charge is 2.06. The van der Waals surface area contributed by atoms with Crippen molar-refractivity contribution in [2.45, 2.75) is 0 Å². The van der Waals surface area contributed by atoms with Gasteiger partial charge in [-0.2, -0.15) is 0 Å². The van der Waals surface area contributed by atoms with Crippen molar-refractivity contribution in [3.8, 4) is 0 Å². The fourth-order valence-electron chi connectivity index (χ4n) is 0.990. The van der Waals surface area contributed by atoms with Crippen LogP contribution < -0.4 is 5.32 Å². The molecule has 0 atom stereocenters. The molecule has 1 aliphatic rings. The van der Waals surface area contributed by atoms with Gasteiger partial charge in [0.15, 0.2) is 0 Å². The zero-order valence-corrected chi connectivity index (χ0v) is 8.58. The number of carbonyl (C=O) groups excluding carboxylic acids is 1. The van der Waals surface area contributed by atoms with E-state index in [0.717, 1.165) is 5.70 Å². The first-order valence-electron chi connectivity index (χ1n) is 4.36. The summed E-state index contributed by atoms with van der Waals surface area (Å²) in [5, 5.41) is 10.4. The van der Waals surface area contributed by atoms with Crippen LogP contribution in [0.15, 0.2) is 48.5 Å². The molecule has 0 heterocycles. The SMILES string of the molecule is C=C1C=C(NC(=C)N(C)C=O)C=CC1=N. The summed E-state index contributed by atoms with van der Waals surface area (Å²) in [6.45, 7) is 7.40. The first kappa shape index (κ1) is 11.0. The van der Waals surface area contributed by atoms with Gasteiger partial charge in [0.2, 0.25) is 6.41 Å². The molecule has 0 aromatic carbocycles. The van der Waals surface area contributed by atoms with E-state index in [-0.39, 0.29) is 0 Å². The summed E-state index contributed by atoms with van der Waals surface area (Å²) in [7, 11) is 1.60. The molecule has 78 valence electrons. The lowest BCUT2D eigenvalue weighted by atomic mass is 10.1. The van der Waals surface area contributed by atoms with Gasteiger partial charge in [0, 0.05) is 12.7 Å². The molecule has 1 amide bonds. The van der Waals surface area contributed by atoms with Crippen molar-refractivity contribution in [3.63, 3.8) is 0 Å². The van der Waals surface area contributed by atoms with Gasteiger partial charge in [0.25, 0.3) is 0 Å². The van der Waals surface area contributed by atoms with Gasteiger partial charge in [0.1, 0.15) is 5.82 Å².